The number of carbonyl (C=O) groups is 2. The second kappa shape index (κ2) is 8.50. The van der Waals surface area contributed by atoms with Crippen molar-refractivity contribution in [3.05, 3.63) is 90.5 Å². The molecule has 0 saturated heterocycles. The van der Waals surface area contributed by atoms with E-state index < -0.39 is 17.4 Å². The number of amides is 2. The lowest BCUT2D eigenvalue weighted by Gasteiger charge is -2.24. The highest BCUT2D eigenvalue weighted by atomic mass is 16.3. The van der Waals surface area contributed by atoms with Gasteiger partial charge in [0.15, 0.2) is 0 Å². The second-order valence-corrected chi connectivity index (χ2v) is 6.72. The fourth-order valence-electron chi connectivity index (χ4n) is 2.80. The first kappa shape index (κ1) is 19.3. The van der Waals surface area contributed by atoms with E-state index in [9.17, 15) is 14.7 Å². The Morgan fingerprint density at radius 3 is 1.93 bits per heavy atom. The molecule has 28 heavy (non-hydrogen) atoms. The maximum Gasteiger partial charge on any atom is 0.313 e. The first-order chi connectivity index (χ1) is 13.5. The molecule has 0 heterocycles. The molecule has 142 valence electrons. The molecule has 3 N–H and O–H groups in total. The van der Waals surface area contributed by atoms with Crippen LogP contribution in [-0.2, 0) is 15.2 Å². The maximum absolute atomic E-state index is 12.0. The molecule has 0 radical (unpaired) electrons. The van der Waals surface area contributed by atoms with Gasteiger partial charge in [-0.15, -0.1) is 0 Å². The van der Waals surface area contributed by atoms with Crippen LogP contribution in [0.4, 0.5) is 5.69 Å². The number of hydrogen-bond acceptors (Lipinski definition) is 3. The molecule has 5 nitrogen and oxygen atoms in total. The van der Waals surface area contributed by atoms with E-state index >= 15 is 0 Å². The highest BCUT2D eigenvalue weighted by molar-refractivity contribution is 6.39. The van der Waals surface area contributed by atoms with E-state index in [4.69, 9.17) is 0 Å². The third-order valence-electron chi connectivity index (χ3n) is 4.44. The summed E-state index contributed by atoms with van der Waals surface area (Å²) in [4.78, 5) is 24.0. The Morgan fingerprint density at radius 1 is 0.786 bits per heavy atom. The monoisotopic (exact) mass is 374 g/mol. The van der Waals surface area contributed by atoms with E-state index in [2.05, 4.69) is 10.6 Å². The quantitative estimate of drug-likeness (QED) is 0.600. The van der Waals surface area contributed by atoms with Crippen molar-refractivity contribution in [2.24, 2.45) is 0 Å². The zero-order valence-corrected chi connectivity index (χ0v) is 15.6. The van der Waals surface area contributed by atoms with Crippen molar-refractivity contribution in [3.63, 3.8) is 0 Å². The number of para-hydroxylation sites is 1. The van der Waals surface area contributed by atoms with Crippen LogP contribution in [0.25, 0.3) is 11.1 Å². The lowest BCUT2D eigenvalue weighted by atomic mass is 9.93. The molecule has 3 aromatic carbocycles. The average molecular weight is 374 g/mol. The van der Waals surface area contributed by atoms with E-state index in [1.807, 2.05) is 60.7 Å². The Hall–Kier alpha value is -3.44. The smallest absolute Gasteiger partial charge is 0.313 e. The molecule has 0 aliphatic rings. The Kier molecular flexibility index (Phi) is 5.87. The van der Waals surface area contributed by atoms with Crippen LogP contribution >= 0.6 is 0 Å². The number of anilines is 1. The minimum atomic E-state index is -1.31. The van der Waals surface area contributed by atoms with Gasteiger partial charge in [-0.3, -0.25) is 9.59 Å². The van der Waals surface area contributed by atoms with Crippen molar-refractivity contribution in [2.45, 2.75) is 12.5 Å². The first-order valence-electron chi connectivity index (χ1n) is 8.98. The number of hydrogen-bond donors (Lipinski definition) is 3. The molecule has 5 heteroatoms. The third-order valence-corrected chi connectivity index (χ3v) is 4.44. The van der Waals surface area contributed by atoms with E-state index in [0.29, 0.717) is 11.3 Å². The molecule has 0 aromatic heterocycles. The van der Waals surface area contributed by atoms with Gasteiger partial charge in [0.2, 0.25) is 0 Å². The number of nitrogens with one attached hydrogen (secondary N) is 2. The van der Waals surface area contributed by atoms with Gasteiger partial charge in [-0.25, -0.2) is 0 Å². The van der Waals surface area contributed by atoms with Crippen LogP contribution in [0.2, 0.25) is 0 Å². The molecule has 0 aliphatic carbocycles. The molecule has 0 aliphatic heterocycles. The molecule has 3 rings (SSSR count). The van der Waals surface area contributed by atoms with E-state index in [1.165, 1.54) is 0 Å². The predicted octanol–water partition coefficient (Wildman–Crippen LogP) is 3.32. The zero-order valence-electron chi connectivity index (χ0n) is 15.6. The summed E-state index contributed by atoms with van der Waals surface area (Å²) >= 11 is 0. The molecule has 0 fully saturated rings. The van der Waals surface area contributed by atoms with Gasteiger partial charge in [-0.05, 0) is 35.7 Å². The Bertz CT molecular complexity index is 937. The largest absolute Gasteiger partial charge is 0.384 e. The normalized spacial score (nSPS) is 12.6. The fraction of sp³-hybridized carbons (Fsp3) is 0.130. The summed E-state index contributed by atoms with van der Waals surface area (Å²) in [6.45, 7) is 1.51. The molecule has 1 unspecified atom stereocenters. The number of carbonyl (C=O) groups excluding carboxylic acids is 2. The highest BCUT2D eigenvalue weighted by Gasteiger charge is 2.25. The van der Waals surface area contributed by atoms with Gasteiger partial charge in [0, 0.05) is 5.69 Å². The van der Waals surface area contributed by atoms with E-state index in [-0.39, 0.29) is 6.54 Å². The predicted molar refractivity (Wildman–Crippen MR) is 110 cm³/mol. The van der Waals surface area contributed by atoms with Crippen molar-refractivity contribution in [1.82, 2.24) is 5.32 Å². The first-order valence-corrected chi connectivity index (χ1v) is 8.98. The topological polar surface area (TPSA) is 78.4 Å². The van der Waals surface area contributed by atoms with Gasteiger partial charge < -0.3 is 15.7 Å². The van der Waals surface area contributed by atoms with Gasteiger partial charge >= 0.3 is 11.8 Å². The molecule has 0 bridgehead atoms. The van der Waals surface area contributed by atoms with Crippen molar-refractivity contribution >= 4 is 17.5 Å². The van der Waals surface area contributed by atoms with Gasteiger partial charge in [0.1, 0.15) is 5.60 Å². The summed E-state index contributed by atoms with van der Waals surface area (Å²) in [6, 6.07) is 26.1. The lowest BCUT2D eigenvalue weighted by Crippen LogP contribution is -2.43. The Balaban J connectivity index is 1.60. The Labute approximate surface area is 164 Å². The summed E-state index contributed by atoms with van der Waals surface area (Å²) in [7, 11) is 0. The SMILES string of the molecule is CC(O)(CNC(=O)C(=O)Nc1ccccc1)c1ccc(-c2ccccc2)cc1. The van der Waals surface area contributed by atoms with Crippen molar-refractivity contribution in [3.8, 4) is 11.1 Å². The van der Waals surface area contributed by atoms with Crippen LogP contribution in [0.5, 0.6) is 0 Å². The molecule has 0 spiro atoms. The van der Waals surface area contributed by atoms with Crippen molar-refractivity contribution < 1.29 is 14.7 Å². The second-order valence-electron chi connectivity index (χ2n) is 6.72. The van der Waals surface area contributed by atoms with Gasteiger partial charge in [-0.1, -0.05) is 72.8 Å². The van der Waals surface area contributed by atoms with Crippen LogP contribution < -0.4 is 10.6 Å². The molecule has 2 amide bonds. The molecule has 0 saturated carbocycles. The minimum Gasteiger partial charge on any atom is -0.384 e. The summed E-state index contributed by atoms with van der Waals surface area (Å²) in [5.74, 6) is -1.58. The summed E-state index contributed by atoms with van der Waals surface area (Å²) in [6.07, 6.45) is 0. The van der Waals surface area contributed by atoms with E-state index in [1.54, 1.807) is 31.2 Å². The van der Waals surface area contributed by atoms with Crippen molar-refractivity contribution in [1.29, 1.82) is 0 Å². The zero-order chi connectivity index (χ0) is 20.0. The highest BCUT2D eigenvalue weighted by Crippen LogP contribution is 2.24. The van der Waals surface area contributed by atoms with Crippen LogP contribution in [0.15, 0.2) is 84.9 Å². The maximum atomic E-state index is 12.0. The number of rotatable bonds is 5. The van der Waals surface area contributed by atoms with Crippen LogP contribution in [0, 0.1) is 0 Å². The minimum absolute atomic E-state index is 0.0846. The third kappa shape index (κ3) is 4.84. The van der Waals surface area contributed by atoms with Crippen LogP contribution in [-0.4, -0.2) is 23.5 Å². The number of benzene rings is 3. The van der Waals surface area contributed by atoms with E-state index in [0.717, 1.165) is 11.1 Å². The summed E-state index contributed by atoms with van der Waals surface area (Å²) in [5, 5.41) is 15.7. The molecule has 1 atom stereocenters. The Morgan fingerprint density at radius 2 is 1.32 bits per heavy atom. The fourth-order valence-corrected chi connectivity index (χ4v) is 2.80. The van der Waals surface area contributed by atoms with Crippen molar-refractivity contribution in [2.75, 3.05) is 11.9 Å². The van der Waals surface area contributed by atoms with Crippen LogP contribution in [0.1, 0.15) is 12.5 Å². The molecular formula is C23H22N2O3. The van der Waals surface area contributed by atoms with Crippen LogP contribution in [0.3, 0.4) is 0 Å². The average Bonchev–Trinajstić information content (AvgIpc) is 2.73. The molecule has 3 aromatic rings. The summed E-state index contributed by atoms with van der Waals surface area (Å²) in [5.41, 5.74) is 1.99. The molecular weight excluding hydrogens is 352 g/mol. The van der Waals surface area contributed by atoms with Gasteiger partial charge in [-0.2, -0.15) is 0 Å². The van der Waals surface area contributed by atoms with Gasteiger partial charge in [0.05, 0.1) is 6.54 Å². The summed E-state index contributed by atoms with van der Waals surface area (Å²) < 4.78 is 0. The standard InChI is InChI=1S/C23H22N2O3/c1-23(28,16-24-21(26)22(27)25-20-10-6-3-7-11-20)19-14-12-18(13-15-19)17-8-4-2-5-9-17/h2-15,28H,16H2,1H3,(H,24,26)(H,25,27). The lowest BCUT2D eigenvalue weighted by molar-refractivity contribution is -0.136. The number of aliphatic hydroxyl groups is 1. The van der Waals surface area contributed by atoms with Gasteiger partial charge in [0.25, 0.3) is 0 Å².